The molecule has 1 aromatic heterocycles. The molecule has 112 valence electrons. The van der Waals surface area contributed by atoms with Crippen molar-refractivity contribution in [1.29, 1.82) is 0 Å². The molecule has 2 atom stereocenters. The van der Waals surface area contributed by atoms with Gasteiger partial charge in [-0.05, 0) is 20.3 Å². The van der Waals surface area contributed by atoms with E-state index in [1.165, 1.54) is 11.3 Å². The molecule has 2 heterocycles. The summed E-state index contributed by atoms with van der Waals surface area (Å²) < 4.78 is 5.69. The van der Waals surface area contributed by atoms with Crippen LogP contribution < -0.4 is 5.32 Å². The summed E-state index contributed by atoms with van der Waals surface area (Å²) in [5.41, 5.74) is 0. The van der Waals surface area contributed by atoms with Crippen molar-refractivity contribution in [2.45, 2.75) is 39.4 Å². The summed E-state index contributed by atoms with van der Waals surface area (Å²) in [6.07, 6.45) is 3.07. The predicted molar refractivity (Wildman–Crippen MR) is 80.3 cm³/mol. The van der Waals surface area contributed by atoms with E-state index in [1.807, 2.05) is 6.92 Å². The summed E-state index contributed by atoms with van der Waals surface area (Å²) in [6, 6.07) is 0. The molecule has 1 amide bonds. The monoisotopic (exact) mass is 297 g/mol. The number of amides is 1. The molecule has 0 spiro atoms. The number of hydrogen-bond donors (Lipinski definition) is 1. The molecule has 6 heteroatoms. The van der Waals surface area contributed by atoms with Crippen LogP contribution in [0, 0.1) is 0 Å². The first-order valence-electron chi connectivity index (χ1n) is 7.19. The normalized spacial score (nSPS) is 23.8. The number of nitrogens with zero attached hydrogens (tertiary/aromatic N) is 2. The lowest BCUT2D eigenvalue weighted by Gasteiger charge is -2.35. The van der Waals surface area contributed by atoms with Gasteiger partial charge in [-0.3, -0.25) is 9.69 Å². The van der Waals surface area contributed by atoms with E-state index in [0.29, 0.717) is 11.4 Å². The van der Waals surface area contributed by atoms with Crippen LogP contribution in [0.3, 0.4) is 0 Å². The standard InChI is InChI=1S/C14H23N3O2S/c1-4-13-16-7-12(20-13)14(18)15-5-6-17-8-10(2)19-11(3)9-17/h7,10-11H,4-6,8-9H2,1-3H3,(H,15,18)/t10-,11-/m0/s1. The zero-order valence-corrected chi connectivity index (χ0v) is 13.2. The molecule has 0 radical (unpaired) electrons. The lowest BCUT2D eigenvalue weighted by molar-refractivity contribution is -0.0672. The van der Waals surface area contributed by atoms with Gasteiger partial charge in [0.25, 0.3) is 5.91 Å². The topological polar surface area (TPSA) is 54.5 Å². The Morgan fingerprint density at radius 1 is 1.50 bits per heavy atom. The van der Waals surface area contributed by atoms with Gasteiger partial charge in [-0.1, -0.05) is 6.92 Å². The van der Waals surface area contributed by atoms with Gasteiger partial charge in [0, 0.05) is 26.2 Å². The first-order valence-corrected chi connectivity index (χ1v) is 8.00. The fourth-order valence-corrected chi connectivity index (χ4v) is 3.23. The highest BCUT2D eigenvalue weighted by molar-refractivity contribution is 7.13. The summed E-state index contributed by atoms with van der Waals surface area (Å²) in [4.78, 5) is 19.2. The third kappa shape index (κ3) is 4.26. The Balaban J connectivity index is 1.73. The van der Waals surface area contributed by atoms with Gasteiger partial charge in [-0.25, -0.2) is 4.98 Å². The molecule has 0 aliphatic carbocycles. The molecule has 20 heavy (non-hydrogen) atoms. The highest BCUT2D eigenvalue weighted by Crippen LogP contribution is 2.13. The van der Waals surface area contributed by atoms with Crippen molar-refractivity contribution >= 4 is 17.2 Å². The van der Waals surface area contributed by atoms with E-state index in [0.717, 1.165) is 31.1 Å². The Kier molecular flexibility index (Phi) is 5.51. The van der Waals surface area contributed by atoms with E-state index < -0.39 is 0 Å². The quantitative estimate of drug-likeness (QED) is 0.896. The number of rotatable bonds is 5. The van der Waals surface area contributed by atoms with Crippen molar-refractivity contribution < 1.29 is 9.53 Å². The summed E-state index contributed by atoms with van der Waals surface area (Å²) in [6.45, 7) is 9.61. The molecular formula is C14H23N3O2S. The van der Waals surface area contributed by atoms with Crippen LogP contribution >= 0.6 is 11.3 Å². The molecule has 1 aliphatic rings. The fourth-order valence-electron chi connectivity index (χ4n) is 2.46. The fraction of sp³-hybridized carbons (Fsp3) is 0.714. The molecule has 1 saturated heterocycles. The zero-order valence-electron chi connectivity index (χ0n) is 12.4. The lowest BCUT2D eigenvalue weighted by Crippen LogP contribution is -2.47. The van der Waals surface area contributed by atoms with Crippen LogP contribution in [0.2, 0.25) is 0 Å². The average Bonchev–Trinajstić information content (AvgIpc) is 2.86. The first kappa shape index (κ1) is 15.4. The molecular weight excluding hydrogens is 274 g/mol. The van der Waals surface area contributed by atoms with Crippen molar-refractivity contribution in [2.24, 2.45) is 0 Å². The maximum Gasteiger partial charge on any atom is 0.263 e. The molecule has 5 nitrogen and oxygen atoms in total. The van der Waals surface area contributed by atoms with E-state index in [9.17, 15) is 4.79 Å². The molecule has 0 saturated carbocycles. The average molecular weight is 297 g/mol. The Hall–Kier alpha value is -0.980. The molecule has 2 rings (SSSR count). The molecule has 0 bridgehead atoms. The maximum absolute atomic E-state index is 12.0. The number of morpholine rings is 1. The number of carbonyl (C=O) groups is 1. The third-order valence-electron chi connectivity index (χ3n) is 3.29. The lowest BCUT2D eigenvalue weighted by atomic mass is 10.2. The van der Waals surface area contributed by atoms with E-state index >= 15 is 0 Å². The van der Waals surface area contributed by atoms with E-state index in [4.69, 9.17) is 4.74 Å². The molecule has 0 aromatic carbocycles. The second kappa shape index (κ2) is 7.15. The van der Waals surface area contributed by atoms with Crippen LogP contribution in [-0.4, -0.2) is 54.2 Å². The molecule has 1 aromatic rings. The van der Waals surface area contributed by atoms with E-state index in [1.54, 1.807) is 6.20 Å². The van der Waals surface area contributed by atoms with Crippen LogP contribution in [0.5, 0.6) is 0 Å². The van der Waals surface area contributed by atoms with Gasteiger partial charge in [0.15, 0.2) is 0 Å². The summed E-state index contributed by atoms with van der Waals surface area (Å²) >= 11 is 1.47. The molecule has 1 aliphatic heterocycles. The van der Waals surface area contributed by atoms with Crippen LogP contribution in [0.1, 0.15) is 35.5 Å². The van der Waals surface area contributed by atoms with Crippen LogP contribution in [0.15, 0.2) is 6.20 Å². The first-order chi connectivity index (χ1) is 9.58. The second-order valence-corrected chi connectivity index (χ2v) is 6.36. The van der Waals surface area contributed by atoms with Gasteiger partial charge in [-0.2, -0.15) is 0 Å². The van der Waals surface area contributed by atoms with Gasteiger partial charge in [0.2, 0.25) is 0 Å². The van der Waals surface area contributed by atoms with Gasteiger partial charge >= 0.3 is 0 Å². The van der Waals surface area contributed by atoms with Gasteiger partial charge < -0.3 is 10.1 Å². The Morgan fingerprint density at radius 2 is 2.20 bits per heavy atom. The van der Waals surface area contributed by atoms with Crippen LogP contribution in [0.4, 0.5) is 0 Å². The van der Waals surface area contributed by atoms with Crippen LogP contribution in [0.25, 0.3) is 0 Å². The maximum atomic E-state index is 12.0. The number of carbonyl (C=O) groups excluding carboxylic acids is 1. The van der Waals surface area contributed by atoms with Crippen molar-refractivity contribution in [1.82, 2.24) is 15.2 Å². The highest BCUT2D eigenvalue weighted by Gasteiger charge is 2.21. The van der Waals surface area contributed by atoms with Crippen LogP contribution in [-0.2, 0) is 11.2 Å². The summed E-state index contributed by atoms with van der Waals surface area (Å²) in [5.74, 6) is -0.0171. The smallest absolute Gasteiger partial charge is 0.263 e. The van der Waals surface area contributed by atoms with Crippen molar-refractivity contribution in [3.63, 3.8) is 0 Å². The number of hydrogen-bond acceptors (Lipinski definition) is 5. The number of aryl methyl sites for hydroxylation is 1. The number of thiazole rings is 1. The zero-order chi connectivity index (χ0) is 14.5. The Labute approximate surface area is 124 Å². The Morgan fingerprint density at radius 3 is 2.80 bits per heavy atom. The summed E-state index contributed by atoms with van der Waals surface area (Å²) in [7, 11) is 0. The van der Waals surface area contributed by atoms with Crippen molar-refractivity contribution in [3.05, 3.63) is 16.1 Å². The predicted octanol–water partition coefficient (Wildman–Crippen LogP) is 1.54. The van der Waals surface area contributed by atoms with Gasteiger partial charge in [0.05, 0.1) is 23.4 Å². The largest absolute Gasteiger partial charge is 0.373 e. The number of nitrogens with one attached hydrogen (secondary N) is 1. The number of aromatic nitrogens is 1. The molecule has 1 fully saturated rings. The van der Waals surface area contributed by atoms with E-state index in [-0.39, 0.29) is 18.1 Å². The number of ether oxygens (including phenoxy) is 1. The SMILES string of the molecule is CCc1ncc(C(=O)NCCN2C[C@H](C)O[C@@H](C)C2)s1. The molecule has 0 unspecified atom stereocenters. The Bertz CT molecular complexity index is 439. The van der Waals surface area contributed by atoms with E-state index in [2.05, 4.69) is 29.0 Å². The minimum Gasteiger partial charge on any atom is -0.373 e. The second-order valence-electron chi connectivity index (χ2n) is 5.24. The van der Waals surface area contributed by atoms with Gasteiger partial charge in [-0.15, -0.1) is 11.3 Å². The molecule has 1 N–H and O–H groups in total. The summed E-state index contributed by atoms with van der Waals surface area (Å²) in [5, 5.41) is 3.97. The van der Waals surface area contributed by atoms with Crippen molar-refractivity contribution in [3.8, 4) is 0 Å². The minimum atomic E-state index is -0.0171. The highest BCUT2D eigenvalue weighted by atomic mass is 32.1. The van der Waals surface area contributed by atoms with Gasteiger partial charge in [0.1, 0.15) is 4.88 Å². The van der Waals surface area contributed by atoms with Crippen molar-refractivity contribution in [2.75, 3.05) is 26.2 Å². The third-order valence-corrected chi connectivity index (χ3v) is 4.43. The minimum absolute atomic E-state index is 0.0171.